The Labute approximate surface area is 208 Å². The van der Waals surface area contributed by atoms with Crippen molar-refractivity contribution in [3.63, 3.8) is 0 Å². The summed E-state index contributed by atoms with van der Waals surface area (Å²) in [5.74, 6) is 0.403. The van der Waals surface area contributed by atoms with E-state index in [2.05, 4.69) is 83.1 Å². The Morgan fingerprint density at radius 2 is 1.54 bits per heavy atom. The fraction of sp³-hybridized carbons (Fsp3) is 0.323. The van der Waals surface area contributed by atoms with E-state index in [1.54, 1.807) is 0 Å². The molecule has 0 saturated carbocycles. The van der Waals surface area contributed by atoms with Gasteiger partial charge in [-0.1, -0.05) is 78.4 Å². The van der Waals surface area contributed by atoms with Gasteiger partial charge in [0.2, 0.25) is 5.91 Å². The molecular weight excluding hydrogens is 430 g/mol. The maximum atomic E-state index is 13.1. The van der Waals surface area contributed by atoms with Gasteiger partial charge in [0.25, 0.3) is 0 Å². The highest BCUT2D eigenvalue weighted by atomic mass is 16.2. The molecule has 0 radical (unpaired) electrons. The molecule has 35 heavy (non-hydrogen) atoms. The van der Waals surface area contributed by atoms with Gasteiger partial charge < -0.3 is 9.47 Å². The van der Waals surface area contributed by atoms with Crippen molar-refractivity contribution in [1.29, 1.82) is 0 Å². The van der Waals surface area contributed by atoms with E-state index in [-0.39, 0.29) is 11.8 Å². The van der Waals surface area contributed by atoms with Crippen LogP contribution in [0, 0.1) is 12.8 Å². The molecule has 1 fully saturated rings. The van der Waals surface area contributed by atoms with Crippen molar-refractivity contribution in [3.8, 4) is 0 Å². The van der Waals surface area contributed by atoms with E-state index < -0.39 is 0 Å². The van der Waals surface area contributed by atoms with Crippen LogP contribution in [-0.4, -0.2) is 40.4 Å². The zero-order valence-corrected chi connectivity index (χ0v) is 20.9. The van der Waals surface area contributed by atoms with Crippen LogP contribution in [0.15, 0.2) is 84.9 Å². The van der Waals surface area contributed by atoms with Gasteiger partial charge in [0.05, 0.1) is 0 Å². The first-order valence-electron chi connectivity index (χ1n) is 12.7. The van der Waals surface area contributed by atoms with Crippen molar-refractivity contribution in [1.82, 2.24) is 14.4 Å². The second-order valence-electron chi connectivity index (χ2n) is 10.00. The summed E-state index contributed by atoms with van der Waals surface area (Å²) in [5, 5.41) is 1.29. The van der Waals surface area contributed by atoms with E-state index in [1.807, 2.05) is 30.1 Å². The predicted octanol–water partition coefficient (Wildman–Crippen LogP) is 5.87. The van der Waals surface area contributed by atoms with Gasteiger partial charge in [0.1, 0.15) is 0 Å². The predicted molar refractivity (Wildman–Crippen MR) is 143 cm³/mol. The van der Waals surface area contributed by atoms with Crippen LogP contribution in [0.5, 0.6) is 0 Å². The number of hydrogen-bond donors (Lipinski definition) is 0. The van der Waals surface area contributed by atoms with Gasteiger partial charge in [-0.05, 0) is 61.5 Å². The molecule has 1 aliphatic heterocycles. The maximum absolute atomic E-state index is 13.1. The summed E-state index contributed by atoms with van der Waals surface area (Å²) in [6, 6.07) is 30.1. The molecule has 4 nitrogen and oxygen atoms in total. The monoisotopic (exact) mass is 465 g/mol. The Morgan fingerprint density at radius 1 is 0.857 bits per heavy atom. The van der Waals surface area contributed by atoms with E-state index in [1.165, 1.54) is 33.3 Å². The quantitative estimate of drug-likeness (QED) is 0.342. The van der Waals surface area contributed by atoms with Crippen LogP contribution in [0.4, 0.5) is 0 Å². The SMILES string of the molecule is Cc1ccc(Cn2c(CN3CCC(C(=O)N(C)Cc4ccccc4)CC3)cc3ccccc32)cc1. The topological polar surface area (TPSA) is 28.5 Å². The van der Waals surface area contributed by atoms with Crippen molar-refractivity contribution >= 4 is 16.8 Å². The van der Waals surface area contributed by atoms with Gasteiger partial charge in [0, 0.05) is 43.8 Å². The van der Waals surface area contributed by atoms with Crippen LogP contribution in [0.3, 0.4) is 0 Å². The van der Waals surface area contributed by atoms with E-state index in [9.17, 15) is 4.79 Å². The molecule has 1 aromatic heterocycles. The van der Waals surface area contributed by atoms with E-state index >= 15 is 0 Å². The van der Waals surface area contributed by atoms with E-state index in [0.29, 0.717) is 6.54 Å². The lowest BCUT2D eigenvalue weighted by Gasteiger charge is -2.33. The number of amides is 1. The minimum Gasteiger partial charge on any atom is -0.341 e. The van der Waals surface area contributed by atoms with Crippen molar-refractivity contribution < 1.29 is 4.79 Å². The van der Waals surface area contributed by atoms with Crippen molar-refractivity contribution in [2.24, 2.45) is 5.92 Å². The minimum atomic E-state index is 0.123. The van der Waals surface area contributed by atoms with Crippen LogP contribution in [0.25, 0.3) is 10.9 Å². The van der Waals surface area contributed by atoms with Gasteiger partial charge in [-0.3, -0.25) is 9.69 Å². The van der Waals surface area contributed by atoms with Crippen LogP contribution in [0.1, 0.15) is 35.2 Å². The van der Waals surface area contributed by atoms with Gasteiger partial charge >= 0.3 is 0 Å². The van der Waals surface area contributed by atoms with Crippen LogP contribution in [0.2, 0.25) is 0 Å². The lowest BCUT2D eigenvalue weighted by molar-refractivity contribution is -0.136. The zero-order chi connectivity index (χ0) is 24.2. The van der Waals surface area contributed by atoms with E-state index in [4.69, 9.17) is 0 Å². The van der Waals surface area contributed by atoms with Gasteiger partial charge in [0.15, 0.2) is 0 Å². The van der Waals surface area contributed by atoms with Crippen LogP contribution < -0.4 is 0 Å². The Bertz CT molecular complexity index is 1270. The number of carbonyl (C=O) groups excluding carboxylic acids is 1. The number of piperidine rings is 1. The van der Waals surface area contributed by atoms with Gasteiger partial charge in [-0.2, -0.15) is 0 Å². The number of aromatic nitrogens is 1. The number of likely N-dealkylation sites (tertiary alicyclic amines) is 1. The highest BCUT2D eigenvalue weighted by Crippen LogP contribution is 2.26. The molecule has 5 rings (SSSR count). The molecule has 0 bridgehead atoms. The molecule has 2 heterocycles. The van der Waals surface area contributed by atoms with Gasteiger partial charge in [-0.15, -0.1) is 0 Å². The standard InChI is InChI=1S/C31H35N3O/c1-24-12-14-26(15-13-24)22-34-29(20-28-10-6-7-11-30(28)34)23-33-18-16-27(17-19-33)31(35)32(2)21-25-8-4-3-5-9-25/h3-15,20,27H,16-19,21-23H2,1-2H3. The number of hydrogen-bond acceptors (Lipinski definition) is 2. The molecule has 1 saturated heterocycles. The largest absolute Gasteiger partial charge is 0.341 e. The van der Waals surface area contributed by atoms with Gasteiger partial charge in [-0.25, -0.2) is 0 Å². The second kappa shape index (κ2) is 10.5. The molecule has 0 atom stereocenters. The number of nitrogens with zero attached hydrogens (tertiary/aromatic N) is 3. The zero-order valence-electron chi connectivity index (χ0n) is 20.9. The summed E-state index contributed by atoms with van der Waals surface area (Å²) in [6.45, 7) is 6.53. The number of aryl methyl sites for hydroxylation is 1. The summed E-state index contributed by atoms with van der Waals surface area (Å²) >= 11 is 0. The summed E-state index contributed by atoms with van der Waals surface area (Å²) in [6.07, 6.45) is 1.85. The average Bonchev–Trinajstić information content (AvgIpc) is 3.22. The first kappa shape index (κ1) is 23.4. The number of para-hydroxylation sites is 1. The minimum absolute atomic E-state index is 0.123. The van der Waals surface area contributed by atoms with Crippen molar-refractivity contribution in [3.05, 3.63) is 107 Å². The average molecular weight is 466 g/mol. The molecular formula is C31H35N3O. The molecule has 4 aromatic rings. The normalized spacial score (nSPS) is 14.9. The van der Waals surface area contributed by atoms with Crippen molar-refractivity contribution in [2.45, 2.75) is 39.4 Å². The number of fused-ring (bicyclic) bond motifs is 1. The Balaban J connectivity index is 1.24. The summed E-state index contributed by atoms with van der Waals surface area (Å²) in [4.78, 5) is 17.5. The summed E-state index contributed by atoms with van der Waals surface area (Å²) < 4.78 is 2.46. The first-order chi connectivity index (χ1) is 17.1. The van der Waals surface area contributed by atoms with E-state index in [0.717, 1.165) is 39.0 Å². The van der Waals surface area contributed by atoms with Crippen molar-refractivity contribution in [2.75, 3.05) is 20.1 Å². The number of rotatable bonds is 7. The number of benzene rings is 3. The molecule has 1 aliphatic rings. The first-order valence-corrected chi connectivity index (χ1v) is 12.7. The summed E-state index contributed by atoms with van der Waals surface area (Å²) in [5.41, 5.74) is 6.43. The van der Waals surface area contributed by atoms with Crippen LogP contribution in [-0.2, 0) is 24.4 Å². The molecule has 4 heteroatoms. The number of carbonyl (C=O) groups is 1. The fourth-order valence-electron chi connectivity index (χ4n) is 5.28. The Kier molecular flexibility index (Phi) is 7.01. The Morgan fingerprint density at radius 3 is 2.29 bits per heavy atom. The third-order valence-corrected chi connectivity index (χ3v) is 7.32. The van der Waals surface area contributed by atoms with Crippen LogP contribution >= 0.6 is 0 Å². The molecule has 180 valence electrons. The molecule has 0 aliphatic carbocycles. The second-order valence-corrected chi connectivity index (χ2v) is 10.00. The third kappa shape index (κ3) is 5.49. The molecule has 1 amide bonds. The summed E-state index contributed by atoms with van der Waals surface area (Å²) in [7, 11) is 1.94. The molecule has 0 unspecified atom stereocenters. The fourth-order valence-corrected chi connectivity index (χ4v) is 5.28. The molecule has 3 aromatic carbocycles. The smallest absolute Gasteiger partial charge is 0.225 e. The third-order valence-electron chi connectivity index (χ3n) is 7.32. The maximum Gasteiger partial charge on any atom is 0.225 e. The lowest BCUT2D eigenvalue weighted by atomic mass is 9.95. The Hall–Kier alpha value is -3.37. The molecule has 0 N–H and O–H groups in total. The highest BCUT2D eigenvalue weighted by molar-refractivity contribution is 5.81. The molecule has 0 spiro atoms. The highest BCUT2D eigenvalue weighted by Gasteiger charge is 2.27. The lowest BCUT2D eigenvalue weighted by Crippen LogP contribution is -2.41.